The van der Waals surface area contributed by atoms with Crippen molar-refractivity contribution in [3.8, 4) is 12.1 Å². The van der Waals surface area contributed by atoms with E-state index in [2.05, 4.69) is 21.2 Å². The summed E-state index contributed by atoms with van der Waals surface area (Å²) in [7, 11) is 0. The van der Waals surface area contributed by atoms with Crippen molar-refractivity contribution in [2.24, 2.45) is 34.5 Å². The number of hydrogen-bond donors (Lipinski definition) is 1. The Morgan fingerprint density at radius 1 is 1.10 bits per heavy atom. The molecule has 2 amide bonds. The average molecular weight is 330 g/mol. The third-order valence-electron chi connectivity index (χ3n) is 5.33. The second-order valence-corrected chi connectivity index (χ2v) is 6.63. The van der Waals surface area contributed by atoms with Gasteiger partial charge < -0.3 is 0 Å². The average Bonchev–Trinajstić information content (AvgIpc) is 2.67. The van der Waals surface area contributed by atoms with Gasteiger partial charge in [-0.25, -0.2) is 0 Å². The highest BCUT2D eigenvalue weighted by Gasteiger charge is 2.80. The van der Waals surface area contributed by atoms with Gasteiger partial charge >= 0.3 is 0 Å². The van der Waals surface area contributed by atoms with Gasteiger partial charge in [-0.2, -0.15) is 10.5 Å². The number of imide groups is 1. The fourth-order valence-corrected chi connectivity index (χ4v) is 5.35. The Kier molecular flexibility index (Phi) is 1.91. The van der Waals surface area contributed by atoms with Crippen LogP contribution in [0.15, 0.2) is 22.7 Å². The molecule has 0 unspecified atom stereocenters. The van der Waals surface area contributed by atoms with Crippen molar-refractivity contribution in [2.75, 3.05) is 0 Å². The summed E-state index contributed by atoms with van der Waals surface area (Å²) in [5, 5.41) is 21.6. The molecule has 2 fully saturated rings. The van der Waals surface area contributed by atoms with Gasteiger partial charge in [0.25, 0.3) is 0 Å². The first kappa shape index (κ1) is 11.9. The number of nitrogens with one attached hydrogen (secondary N) is 1. The lowest BCUT2D eigenvalue weighted by molar-refractivity contribution is -0.142. The molecule has 0 aromatic carbocycles. The largest absolute Gasteiger partial charge is 0.293 e. The number of rotatable bonds is 0. The van der Waals surface area contributed by atoms with Gasteiger partial charge in [0.2, 0.25) is 11.8 Å². The Hall–Kier alpha value is -1.92. The molecule has 0 spiro atoms. The van der Waals surface area contributed by atoms with E-state index in [-0.39, 0.29) is 11.8 Å². The van der Waals surface area contributed by atoms with E-state index in [1.165, 1.54) is 0 Å². The zero-order valence-corrected chi connectivity index (χ0v) is 11.7. The summed E-state index contributed by atoms with van der Waals surface area (Å²) in [5.41, 5.74) is -3.20. The highest BCUT2D eigenvalue weighted by Crippen LogP contribution is 2.70. The van der Waals surface area contributed by atoms with Crippen molar-refractivity contribution in [2.45, 2.75) is 0 Å². The molecule has 1 saturated carbocycles. The van der Waals surface area contributed by atoms with Crippen LogP contribution >= 0.6 is 15.9 Å². The van der Waals surface area contributed by atoms with E-state index in [1.54, 1.807) is 0 Å². The minimum atomic E-state index is -1.60. The lowest BCUT2D eigenvalue weighted by atomic mass is 9.39. The second kappa shape index (κ2) is 3.21. The summed E-state index contributed by atoms with van der Waals surface area (Å²) in [5.74, 6) is -2.06. The smallest absolute Gasteiger partial charge is 0.249 e. The maximum absolute atomic E-state index is 12.3. The van der Waals surface area contributed by atoms with Crippen molar-refractivity contribution in [1.29, 1.82) is 10.5 Å². The van der Waals surface area contributed by atoms with Crippen LogP contribution in [0.3, 0.4) is 0 Å². The first-order valence-corrected chi connectivity index (χ1v) is 7.08. The lowest BCUT2D eigenvalue weighted by Crippen LogP contribution is -2.64. The number of amides is 2. The molecule has 1 N–H and O–H groups in total. The zero-order chi connectivity index (χ0) is 14.3. The summed E-state index contributed by atoms with van der Waals surface area (Å²) < 4.78 is 0.954. The van der Waals surface area contributed by atoms with Gasteiger partial charge in [0.1, 0.15) is 0 Å². The van der Waals surface area contributed by atoms with Gasteiger partial charge in [0.05, 0.1) is 12.1 Å². The zero-order valence-electron chi connectivity index (χ0n) is 10.1. The molecule has 1 aliphatic heterocycles. The number of allylic oxidation sites excluding steroid dienone is 4. The van der Waals surface area contributed by atoms with E-state index in [0.29, 0.717) is 0 Å². The second-order valence-electron chi connectivity index (χ2n) is 5.71. The standard InChI is InChI=1S/C14H8BrN3O2/c15-9-3-6-7-1-2-8(10(6)9)14(5-17)12(20)18-11(19)13(7,14)4-16/h1-3,6-8,10H,(H,18,19,20)/t6-,7+,8+,10+,13+,14+/m1/s1. The Morgan fingerprint density at radius 3 is 2.20 bits per heavy atom. The lowest BCUT2D eigenvalue weighted by Gasteiger charge is -2.59. The fourth-order valence-electron chi connectivity index (χ4n) is 4.45. The molecular weight excluding hydrogens is 322 g/mol. The van der Waals surface area contributed by atoms with Crippen LogP contribution in [0.4, 0.5) is 0 Å². The molecule has 5 aliphatic rings. The van der Waals surface area contributed by atoms with E-state index in [1.807, 2.05) is 30.4 Å². The Balaban J connectivity index is 2.08. The third kappa shape index (κ3) is 0.837. The van der Waals surface area contributed by atoms with Crippen molar-refractivity contribution in [3.63, 3.8) is 0 Å². The predicted molar refractivity (Wildman–Crippen MR) is 69.4 cm³/mol. The van der Waals surface area contributed by atoms with Crippen molar-refractivity contribution in [3.05, 3.63) is 22.7 Å². The van der Waals surface area contributed by atoms with Gasteiger partial charge in [0.15, 0.2) is 10.8 Å². The van der Waals surface area contributed by atoms with Gasteiger partial charge in [-0.15, -0.1) is 0 Å². The van der Waals surface area contributed by atoms with Crippen LogP contribution in [0.25, 0.3) is 0 Å². The van der Waals surface area contributed by atoms with Crippen LogP contribution in [-0.2, 0) is 9.59 Å². The van der Waals surface area contributed by atoms with Crippen molar-refractivity contribution >= 4 is 27.7 Å². The van der Waals surface area contributed by atoms with Crippen LogP contribution < -0.4 is 5.32 Å². The molecule has 4 aliphatic carbocycles. The molecule has 1 heterocycles. The maximum Gasteiger partial charge on any atom is 0.249 e. The van der Waals surface area contributed by atoms with Crippen LogP contribution in [-0.4, -0.2) is 11.8 Å². The SMILES string of the molecule is N#C[C@]12C(=O)NC(=O)[C@]1(C#N)[C@H]1C=C[C@H]2[C@H]2C=C(Br)[C@@H]21. The Labute approximate surface area is 123 Å². The fraction of sp³-hybridized carbons (Fsp3) is 0.429. The number of carbonyl (C=O) groups is 2. The number of hydrogen-bond acceptors (Lipinski definition) is 4. The molecular formula is C14H8BrN3O2. The number of carbonyl (C=O) groups excluding carboxylic acids is 2. The molecule has 0 aromatic heterocycles. The highest BCUT2D eigenvalue weighted by atomic mass is 79.9. The first-order chi connectivity index (χ1) is 9.54. The number of halogens is 1. The third-order valence-corrected chi connectivity index (χ3v) is 6.12. The van der Waals surface area contributed by atoms with Crippen molar-refractivity contribution in [1.82, 2.24) is 5.32 Å². The molecule has 6 atom stereocenters. The number of nitriles is 2. The first-order valence-electron chi connectivity index (χ1n) is 6.28. The topological polar surface area (TPSA) is 93.8 Å². The molecule has 0 radical (unpaired) electrons. The van der Waals surface area contributed by atoms with E-state index >= 15 is 0 Å². The van der Waals surface area contributed by atoms with Crippen LogP contribution in [0.1, 0.15) is 0 Å². The van der Waals surface area contributed by atoms with Gasteiger partial charge in [0, 0.05) is 17.8 Å². The summed E-state index contributed by atoms with van der Waals surface area (Å²) in [4.78, 5) is 24.6. The van der Waals surface area contributed by atoms with E-state index < -0.39 is 34.5 Å². The normalized spacial score (nSPS) is 50.2. The molecule has 5 rings (SSSR count). The molecule has 6 heteroatoms. The molecule has 0 aromatic rings. The van der Waals surface area contributed by atoms with Gasteiger partial charge in [-0.1, -0.05) is 34.2 Å². The molecule has 20 heavy (non-hydrogen) atoms. The predicted octanol–water partition coefficient (Wildman–Crippen LogP) is 1.00. The van der Waals surface area contributed by atoms with Crippen LogP contribution in [0, 0.1) is 57.2 Å². The molecule has 5 nitrogen and oxygen atoms in total. The van der Waals surface area contributed by atoms with E-state index in [0.717, 1.165) is 4.48 Å². The Bertz CT molecular complexity index is 728. The summed E-state index contributed by atoms with van der Waals surface area (Å²) in [6.07, 6.45) is 5.64. The Morgan fingerprint density at radius 2 is 1.65 bits per heavy atom. The van der Waals surface area contributed by atoms with E-state index in [9.17, 15) is 20.1 Å². The monoisotopic (exact) mass is 329 g/mol. The van der Waals surface area contributed by atoms with Gasteiger partial charge in [-0.05, 0) is 10.4 Å². The van der Waals surface area contributed by atoms with Crippen LogP contribution in [0.5, 0.6) is 0 Å². The number of nitrogens with zero attached hydrogens (tertiary/aromatic N) is 2. The molecule has 98 valence electrons. The summed E-state index contributed by atoms with van der Waals surface area (Å²) >= 11 is 3.45. The van der Waals surface area contributed by atoms with Crippen LogP contribution in [0.2, 0.25) is 0 Å². The van der Waals surface area contributed by atoms with Gasteiger partial charge in [-0.3, -0.25) is 14.9 Å². The highest BCUT2D eigenvalue weighted by molar-refractivity contribution is 9.11. The minimum Gasteiger partial charge on any atom is -0.293 e. The summed E-state index contributed by atoms with van der Waals surface area (Å²) in [6, 6.07) is 4.06. The molecule has 1 saturated heterocycles. The maximum atomic E-state index is 12.3. The quantitative estimate of drug-likeness (QED) is 0.530. The summed E-state index contributed by atoms with van der Waals surface area (Å²) in [6.45, 7) is 0. The van der Waals surface area contributed by atoms with E-state index in [4.69, 9.17) is 0 Å². The van der Waals surface area contributed by atoms with Crippen molar-refractivity contribution < 1.29 is 9.59 Å². The minimum absolute atomic E-state index is 0.0165. The molecule has 2 bridgehead atoms.